The van der Waals surface area contributed by atoms with Crippen LogP contribution in [0.25, 0.3) is 5.69 Å². The fraction of sp³-hybridized carbons (Fsp3) is 0.400. The number of thiol groups is 1. The summed E-state index contributed by atoms with van der Waals surface area (Å²) in [6.07, 6.45) is 1.48. The Balaban J connectivity index is 1.81. The number of aromatic nitrogens is 3. The first kappa shape index (κ1) is 18.4. The van der Waals surface area contributed by atoms with Gasteiger partial charge >= 0.3 is 6.03 Å². The zero-order chi connectivity index (χ0) is 18.7. The van der Waals surface area contributed by atoms with E-state index in [0.29, 0.717) is 32.0 Å². The summed E-state index contributed by atoms with van der Waals surface area (Å²) in [6, 6.07) is 1.99. The normalized spacial score (nSPS) is 14.4. The van der Waals surface area contributed by atoms with Crippen molar-refractivity contribution < 1.29 is 18.3 Å². The molecule has 2 heterocycles. The molecule has 1 aliphatic heterocycles. The van der Waals surface area contributed by atoms with Gasteiger partial charge in [0.2, 0.25) is 0 Å². The summed E-state index contributed by atoms with van der Waals surface area (Å²) in [4.78, 5) is 13.1. The average Bonchev–Trinajstić information content (AvgIpc) is 3.09. The number of ether oxygens (including phenoxy) is 1. The molecule has 8 nitrogen and oxygen atoms in total. The fourth-order valence-corrected chi connectivity index (χ4v) is 2.87. The first-order valence-corrected chi connectivity index (χ1v) is 8.31. The van der Waals surface area contributed by atoms with Crippen LogP contribution in [0, 0.1) is 11.6 Å². The molecule has 2 amide bonds. The number of rotatable bonds is 4. The number of urea groups is 1. The van der Waals surface area contributed by atoms with Gasteiger partial charge in [0.05, 0.1) is 31.6 Å². The number of halogens is 2. The average molecular weight is 384 g/mol. The van der Waals surface area contributed by atoms with Crippen LogP contribution in [0.1, 0.15) is 5.69 Å². The van der Waals surface area contributed by atoms with Crippen LogP contribution in [-0.2, 0) is 11.3 Å². The molecule has 0 atom stereocenters. The molecule has 11 heteroatoms. The van der Waals surface area contributed by atoms with Crippen LogP contribution in [-0.4, -0.2) is 58.7 Å². The van der Waals surface area contributed by atoms with E-state index < -0.39 is 17.7 Å². The van der Waals surface area contributed by atoms with Gasteiger partial charge in [-0.2, -0.15) is 0 Å². The summed E-state index contributed by atoms with van der Waals surface area (Å²) in [5, 5.41) is 10.2. The van der Waals surface area contributed by atoms with Gasteiger partial charge in [0.25, 0.3) is 0 Å². The molecule has 0 unspecified atom stereocenters. The molecule has 1 N–H and O–H groups in total. The minimum Gasteiger partial charge on any atom is -0.378 e. The highest BCUT2D eigenvalue weighted by Gasteiger charge is 2.21. The van der Waals surface area contributed by atoms with Crippen molar-refractivity contribution in [3.05, 3.63) is 35.7 Å². The van der Waals surface area contributed by atoms with E-state index in [2.05, 4.69) is 28.4 Å². The minimum atomic E-state index is -0.680. The zero-order valence-electron chi connectivity index (χ0n) is 14.0. The fourth-order valence-electron chi connectivity index (χ4n) is 2.62. The highest BCUT2D eigenvalue weighted by Crippen LogP contribution is 2.27. The molecule has 1 aromatic heterocycles. The van der Waals surface area contributed by atoms with Crippen molar-refractivity contribution in [1.82, 2.24) is 24.6 Å². The lowest BCUT2D eigenvalue weighted by molar-refractivity contribution is 0.122. The molecule has 140 valence electrons. The third-order valence-electron chi connectivity index (χ3n) is 3.89. The molecular weight excluding hydrogens is 366 g/mol. The second kappa shape index (κ2) is 7.87. The van der Waals surface area contributed by atoms with Crippen LogP contribution in [0.2, 0.25) is 0 Å². The number of morpholine rings is 1. The SMILES string of the molecule is CNC(=O)N(S)Cc1cn(-c2cc(F)c(N3CCOCC3)c(F)c2)nn1. The number of anilines is 1. The Hall–Kier alpha value is -2.40. The minimum absolute atomic E-state index is 0.0708. The second-order valence-corrected chi connectivity index (χ2v) is 6.11. The first-order valence-electron chi connectivity index (χ1n) is 7.91. The molecule has 0 aliphatic carbocycles. The van der Waals surface area contributed by atoms with Gasteiger partial charge in [-0.15, -0.1) is 5.10 Å². The van der Waals surface area contributed by atoms with Crippen molar-refractivity contribution in [1.29, 1.82) is 0 Å². The van der Waals surface area contributed by atoms with Crippen molar-refractivity contribution in [3.63, 3.8) is 0 Å². The van der Waals surface area contributed by atoms with Crippen LogP contribution < -0.4 is 10.2 Å². The van der Waals surface area contributed by atoms with E-state index in [1.165, 1.54) is 30.1 Å². The first-order chi connectivity index (χ1) is 12.5. The number of amides is 2. The van der Waals surface area contributed by atoms with Gasteiger partial charge < -0.3 is 15.0 Å². The molecular formula is C15H18F2N6O2S. The van der Waals surface area contributed by atoms with Crippen molar-refractivity contribution >= 4 is 24.5 Å². The molecule has 1 aromatic carbocycles. The van der Waals surface area contributed by atoms with Crippen LogP contribution in [0.3, 0.4) is 0 Å². The molecule has 0 spiro atoms. The van der Waals surface area contributed by atoms with E-state index in [4.69, 9.17) is 4.74 Å². The standard InChI is InChI=1S/C15H18F2N6O2S/c1-18-15(24)23(26)9-10-8-22(20-19-10)11-6-12(16)14(13(17)7-11)21-2-4-25-5-3-21/h6-8,26H,2-5,9H2,1H3,(H,18,24). The molecule has 26 heavy (non-hydrogen) atoms. The number of hydrogen-bond acceptors (Lipinski definition) is 6. The van der Waals surface area contributed by atoms with E-state index in [1.807, 2.05) is 0 Å². The predicted octanol–water partition coefficient (Wildman–Crippen LogP) is 1.37. The van der Waals surface area contributed by atoms with Crippen LogP contribution in [0.5, 0.6) is 0 Å². The lowest BCUT2D eigenvalue weighted by Crippen LogP contribution is -2.37. The molecule has 0 bridgehead atoms. The number of nitrogens with one attached hydrogen (secondary N) is 1. The van der Waals surface area contributed by atoms with Gasteiger partial charge in [0, 0.05) is 32.3 Å². The highest BCUT2D eigenvalue weighted by atomic mass is 32.1. The van der Waals surface area contributed by atoms with Crippen molar-refractivity contribution in [2.75, 3.05) is 38.3 Å². The van der Waals surface area contributed by atoms with Gasteiger partial charge in [0.15, 0.2) is 11.6 Å². The van der Waals surface area contributed by atoms with Gasteiger partial charge in [-0.1, -0.05) is 18.0 Å². The van der Waals surface area contributed by atoms with Gasteiger partial charge in [-0.05, 0) is 0 Å². The molecule has 2 aromatic rings. The largest absolute Gasteiger partial charge is 0.378 e. The topological polar surface area (TPSA) is 75.5 Å². The Morgan fingerprint density at radius 2 is 2.00 bits per heavy atom. The van der Waals surface area contributed by atoms with Gasteiger partial charge in [0.1, 0.15) is 11.4 Å². The number of benzene rings is 1. The number of nitrogens with zero attached hydrogens (tertiary/aromatic N) is 5. The lowest BCUT2D eigenvalue weighted by Gasteiger charge is -2.29. The Morgan fingerprint density at radius 1 is 1.35 bits per heavy atom. The zero-order valence-corrected chi connectivity index (χ0v) is 14.9. The van der Waals surface area contributed by atoms with E-state index >= 15 is 0 Å². The smallest absolute Gasteiger partial charge is 0.327 e. The van der Waals surface area contributed by atoms with Crippen molar-refractivity contribution in [2.24, 2.45) is 0 Å². The van der Waals surface area contributed by atoms with Crippen LogP contribution in [0.15, 0.2) is 18.3 Å². The van der Waals surface area contributed by atoms with E-state index in [1.54, 1.807) is 4.90 Å². The Labute approximate surface area is 154 Å². The second-order valence-electron chi connectivity index (χ2n) is 5.62. The summed E-state index contributed by atoms with van der Waals surface area (Å²) < 4.78 is 36.5. The monoisotopic (exact) mass is 384 g/mol. The van der Waals surface area contributed by atoms with Crippen molar-refractivity contribution in [3.8, 4) is 5.69 Å². The molecule has 0 radical (unpaired) electrons. The predicted molar refractivity (Wildman–Crippen MR) is 93.3 cm³/mol. The number of carbonyl (C=O) groups is 1. The third-order valence-corrected chi connectivity index (χ3v) is 4.22. The summed E-state index contributed by atoms with van der Waals surface area (Å²) in [7, 11) is 1.48. The number of hydrogen-bond donors (Lipinski definition) is 2. The molecule has 3 rings (SSSR count). The van der Waals surface area contributed by atoms with E-state index in [-0.39, 0.29) is 17.9 Å². The molecule has 1 saturated heterocycles. The quantitative estimate of drug-likeness (QED) is 0.779. The summed E-state index contributed by atoms with van der Waals surface area (Å²) in [6.45, 7) is 1.80. The molecule has 1 aliphatic rings. The lowest BCUT2D eigenvalue weighted by atomic mass is 10.2. The van der Waals surface area contributed by atoms with Crippen LogP contribution >= 0.6 is 12.8 Å². The van der Waals surface area contributed by atoms with Gasteiger partial charge in [-0.25, -0.2) is 18.3 Å². The molecule has 0 saturated carbocycles. The summed E-state index contributed by atoms with van der Waals surface area (Å²) >= 11 is 4.03. The van der Waals surface area contributed by atoms with Crippen molar-refractivity contribution in [2.45, 2.75) is 6.54 Å². The summed E-state index contributed by atoms with van der Waals surface area (Å²) in [5.41, 5.74) is 0.543. The maximum Gasteiger partial charge on any atom is 0.327 e. The maximum atomic E-state index is 14.5. The Kier molecular flexibility index (Phi) is 5.57. The highest BCUT2D eigenvalue weighted by molar-refractivity contribution is 7.78. The van der Waals surface area contributed by atoms with Crippen LogP contribution in [0.4, 0.5) is 19.3 Å². The van der Waals surface area contributed by atoms with E-state index in [0.717, 1.165) is 4.31 Å². The number of carbonyl (C=O) groups excluding carboxylic acids is 1. The maximum absolute atomic E-state index is 14.5. The van der Waals surface area contributed by atoms with Gasteiger partial charge in [-0.3, -0.25) is 4.31 Å². The van der Waals surface area contributed by atoms with E-state index in [9.17, 15) is 13.6 Å². The molecule has 1 fully saturated rings. The third kappa shape index (κ3) is 3.88. The Bertz CT molecular complexity index is 773. The summed E-state index contributed by atoms with van der Waals surface area (Å²) in [5.74, 6) is -1.36. The Morgan fingerprint density at radius 3 is 2.62 bits per heavy atom.